The van der Waals surface area contributed by atoms with Crippen LogP contribution < -0.4 is 5.73 Å². The number of benzene rings is 1. The van der Waals surface area contributed by atoms with E-state index in [1.807, 2.05) is 6.07 Å². The Kier molecular flexibility index (Phi) is 2.72. The fraction of sp³-hybridized carbons (Fsp3) is 0.222. The van der Waals surface area contributed by atoms with Crippen molar-refractivity contribution in [1.29, 1.82) is 5.26 Å². The molecule has 1 aromatic carbocycles. The highest BCUT2D eigenvalue weighted by Crippen LogP contribution is 2.27. The minimum atomic E-state index is -0.558. The van der Waals surface area contributed by atoms with Crippen LogP contribution >= 0.6 is 0 Å². The Morgan fingerprint density at radius 3 is 2.77 bits per heavy atom. The number of hydrogen-bond donors (Lipinski definition) is 3. The summed E-state index contributed by atoms with van der Waals surface area (Å²) in [6, 6.07) is 5.40. The topological polar surface area (TPSA) is 90.3 Å². The summed E-state index contributed by atoms with van der Waals surface area (Å²) in [7, 11) is 0. The first kappa shape index (κ1) is 9.36. The number of phenols is 2. The van der Waals surface area contributed by atoms with Crippen LogP contribution in [0.2, 0.25) is 0 Å². The number of nitrogens with zero attached hydrogens (tertiary/aromatic N) is 1. The van der Waals surface area contributed by atoms with Crippen LogP contribution in [0.3, 0.4) is 0 Å². The zero-order chi connectivity index (χ0) is 9.84. The molecule has 1 aromatic rings. The van der Waals surface area contributed by atoms with Crippen molar-refractivity contribution in [3.05, 3.63) is 23.8 Å². The van der Waals surface area contributed by atoms with E-state index in [2.05, 4.69) is 0 Å². The van der Waals surface area contributed by atoms with Gasteiger partial charge in [0.15, 0.2) is 0 Å². The van der Waals surface area contributed by atoms with Crippen LogP contribution in [-0.2, 0) is 0 Å². The Hall–Kier alpha value is -1.73. The molecule has 13 heavy (non-hydrogen) atoms. The second kappa shape index (κ2) is 3.78. The fourth-order valence-electron chi connectivity index (χ4n) is 1.05. The maximum atomic E-state index is 9.33. The third kappa shape index (κ3) is 2.10. The molecule has 0 aliphatic carbocycles. The van der Waals surface area contributed by atoms with Gasteiger partial charge in [0.2, 0.25) is 0 Å². The highest BCUT2D eigenvalue weighted by molar-refractivity contribution is 5.40. The van der Waals surface area contributed by atoms with Crippen LogP contribution in [0, 0.1) is 11.3 Å². The zero-order valence-corrected chi connectivity index (χ0v) is 6.94. The molecule has 0 aliphatic heterocycles. The summed E-state index contributed by atoms with van der Waals surface area (Å²) in [6.07, 6.45) is 0.108. The number of phenolic OH excluding ortho intramolecular Hbond substituents is 2. The third-order valence-corrected chi connectivity index (χ3v) is 1.72. The molecule has 0 aliphatic rings. The highest BCUT2D eigenvalue weighted by Gasteiger charge is 2.10. The van der Waals surface area contributed by atoms with E-state index in [1.54, 1.807) is 0 Å². The van der Waals surface area contributed by atoms with E-state index in [4.69, 9.17) is 16.1 Å². The van der Waals surface area contributed by atoms with Gasteiger partial charge in [-0.25, -0.2) is 0 Å². The van der Waals surface area contributed by atoms with Crippen LogP contribution in [-0.4, -0.2) is 10.2 Å². The summed E-state index contributed by atoms with van der Waals surface area (Å²) < 4.78 is 0. The normalized spacial score (nSPS) is 12.0. The van der Waals surface area contributed by atoms with Crippen LogP contribution in [0.4, 0.5) is 0 Å². The lowest BCUT2D eigenvalue weighted by Gasteiger charge is -2.09. The maximum absolute atomic E-state index is 9.33. The predicted molar refractivity (Wildman–Crippen MR) is 46.9 cm³/mol. The molecule has 4 heteroatoms. The van der Waals surface area contributed by atoms with E-state index in [9.17, 15) is 5.11 Å². The molecule has 4 N–H and O–H groups in total. The van der Waals surface area contributed by atoms with Gasteiger partial charge in [-0.1, -0.05) is 0 Å². The van der Waals surface area contributed by atoms with Gasteiger partial charge in [-0.3, -0.25) is 0 Å². The molecule has 0 spiro atoms. The van der Waals surface area contributed by atoms with Gasteiger partial charge >= 0.3 is 0 Å². The molecule has 0 radical (unpaired) electrons. The van der Waals surface area contributed by atoms with Crippen LogP contribution in [0.5, 0.6) is 11.5 Å². The minimum absolute atomic E-state index is 0.000509. The Morgan fingerprint density at radius 2 is 2.15 bits per heavy atom. The average molecular weight is 178 g/mol. The van der Waals surface area contributed by atoms with Crippen molar-refractivity contribution >= 4 is 0 Å². The van der Waals surface area contributed by atoms with Gasteiger partial charge < -0.3 is 15.9 Å². The lowest BCUT2D eigenvalue weighted by Crippen LogP contribution is -2.09. The van der Waals surface area contributed by atoms with E-state index in [1.165, 1.54) is 18.2 Å². The van der Waals surface area contributed by atoms with Gasteiger partial charge in [0, 0.05) is 11.6 Å². The molecule has 4 nitrogen and oxygen atoms in total. The Balaban J connectivity index is 3.00. The minimum Gasteiger partial charge on any atom is -0.508 e. The highest BCUT2D eigenvalue weighted by atomic mass is 16.3. The average Bonchev–Trinajstić information content (AvgIpc) is 2.09. The van der Waals surface area contributed by atoms with Gasteiger partial charge in [-0.05, 0) is 18.2 Å². The number of hydrogen-bond acceptors (Lipinski definition) is 4. The maximum Gasteiger partial charge on any atom is 0.120 e. The first-order valence-electron chi connectivity index (χ1n) is 3.79. The Bertz CT molecular complexity index is 344. The van der Waals surface area contributed by atoms with Crippen molar-refractivity contribution in [1.82, 2.24) is 0 Å². The molecular weight excluding hydrogens is 168 g/mol. The molecule has 0 unspecified atom stereocenters. The number of nitrogens with two attached hydrogens (primary N) is 1. The van der Waals surface area contributed by atoms with E-state index >= 15 is 0 Å². The smallest absolute Gasteiger partial charge is 0.120 e. The van der Waals surface area contributed by atoms with Crippen molar-refractivity contribution in [2.45, 2.75) is 12.5 Å². The van der Waals surface area contributed by atoms with Crippen molar-refractivity contribution in [2.24, 2.45) is 5.73 Å². The number of aromatic hydroxyl groups is 2. The molecular formula is C9H10N2O2. The van der Waals surface area contributed by atoms with Gasteiger partial charge in [0.05, 0.1) is 12.5 Å². The summed E-state index contributed by atoms with van der Waals surface area (Å²) in [5.74, 6) is 0.0294. The van der Waals surface area contributed by atoms with Crippen LogP contribution in [0.1, 0.15) is 18.0 Å². The number of rotatable bonds is 2. The first-order chi connectivity index (χ1) is 6.15. The van der Waals surface area contributed by atoms with E-state index in [0.717, 1.165) is 0 Å². The molecule has 0 saturated carbocycles. The molecule has 1 rings (SSSR count). The summed E-state index contributed by atoms with van der Waals surface area (Å²) in [5, 5.41) is 26.8. The standard InChI is InChI=1S/C9H10N2O2/c10-4-3-8(11)7-5-6(12)1-2-9(7)13/h1-2,5,8,12-13H,3,11H2/t8-/m0/s1. The summed E-state index contributed by atoms with van der Waals surface area (Å²) in [5.41, 5.74) is 5.97. The third-order valence-electron chi connectivity index (χ3n) is 1.72. The van der Waals surface area contributed by atoms with E-state index < -0.39 is 6.04 Å². The molecule has 0 amide bonds. The van der Waals surface area contributed by atoms with Gasteiger partial charge in [0.1, 0.15) is 11.5 Å². The van der Waals surface area contributed by atoms with Gasteiger partial charge in [-0.2, -0.15) is 5.26 Å². The molecule has 0 saturated heterocycles. The van der Waals surface area contributed by atoms with Crippen LogP contribution in [0.15, 0.2) is 18.2 Å². The number of nitriles is 1. The van der Waals surface area contributed by atoms with Crippen molar-refractivity contribution in [3.63, 3.8) is 0 Å². The van der Waals surface area contributed by atoms with Crippen LogP contribution in [0.25, 0.3) is 0 Å². The van der Waals surface area contributed by atoms with Crippen molar-refractivity contribution < 1.29 is 10.2 Å². The quantitative estimate of drug-likeness (QED) is 0.589. The summed E-state index contributed by atoms with van der Waals surface area (Å²) in [4.78, 5) is 0. The predicted octanol–water partition coefficient (Wildman–Crippen LogP) is 1.01. The largest absolute Gasteiger partial charge is 0.508 e. The van der Waals surface area contributed by atoms with Gasteiger partial charge in [0.25, 0.3) is 0 Å². The summed E-state index contributed by atoms with van der Waals surface area (Å²) >= 11 is 0. The second-order valence-corrected chi connectivity index (χ2v) is 2.71. The fourth-order valence-corrected chi connectivity index (χ4v) is 1.05. The second-order valence-electron chi connectivity index (χ2n) is 2.71. The monoisotopic (exact) mass is 178 g/mol. The molecule has 0 heterocycles. The summed E-state index contributed by atoms with van der Waals surface area (Å²) in [6.45, 7) is 0. The molecule has 0 aromatic heterocycles. The molecule has 0 fully saturated rings. The van der Waals surface area contributed by atoms with E-state index in [-0.39, 0.29) is 17.9 Å². The van der Waals surface area contributed by atoms with E-state index in [0.29, 0.717) is 5.56 Å². The molecule has 68 valence electrons. The Morgan fingerprint density at radius 1 is 1.46 bits per heavy atom. The SMILES string of the molecule is N#CC[C@H](N)c1cc(O)ccc1O. The lowest BCUT2D eigenvalue weighted by molar-refractivity contribution is 0.448. The Labute approximate surface area is 75.8 Å². The molecule has 1 atom stereocenters. The molecule has 0 bridgehead atoms. The van der Waals surface area contributed by atoms with Crippen molar-refractivity contribution in [2.75, 3.05) is 0 Å². The van der Waals surface area contributed by atoms with Gasteiger partial charge in [-0.15, -0.1) is 0 Å². The zero-order valence-electron chi connectivity index (χ0n) is 6.94. The lowest BCUT2D eigenvalue weighted by atomic mass is 10.0. The first-order valence-corrected chi connectivity index (χ1v) is 3.79. The van der Waals surface area contributed by atoms with Crippen molar-refractivity contribution in [3.8, 4) is 17.6 Å².